The molecule has 0 aromatic heterocycles. The van der Waals surface area contributed by atoms with Gasteiger partial charge >= 0.3 is 0 Å². The van der Waals surface area contributed by atoms with E-state index < -0.39 is 5.41 Å². The van der Waals surface area contributed by atoms with Crippen LogP contribution in [0.15, 0.2) is 18.2 Å². The van der Waals surface area contributed by atoms with E-state index in [0.717, 1.165) is 36.8 Å². The average molecular weight is 286 g/mol. The first kappa shape index (κ1) is 14.1. The van der Waals surface area contributed by atoms with Crippen molar-refractivity contribution in [3.8, 4) is 0 Å². The molecule has 0 atom stereocenters. The lowest BCUT2D eigenvalue weighted by molar-refractivity contribution is -0.142. The second-order valence-electron chi connectivity index (χ2n) is 6.43. The van der Waals surface area contributed by atoms with Crippen LogP contribution in [-0.2, 0) is 16.1 Å². The Labute approximate surface area is 125 Å². The summed E-state index contributed by atoms with van der Waals surface area (Å²) in [5.41, 5.74) is 8.14. The number of benzene rings is 1. The maximum Gasteiger partial charge on any atom is 0.236 e. The Hall–Kier alpha value is -1.84. The third kappa shape index (κ3) is 2.33. The molecule has 1 aromatic rings. The van der Waals surface area contributed by atoms with Gasteiger partial charge in [0, 0.05) is 12.1 Å². The molecular weight excluding hydrogens is 264 g/mol. The molecule has 1 saturated carbocycles. The zero-order valence-electron chi connectivity index (χ0n) is 12.5. The Morgan fingerprint density at radius 1 is 1.19 bits per heavy atom. The largest absolute Gasteiger partial charge is 0.399 e. The molecule has 4 heteroatoms. The quantitative estimate of drug-likeness (QED) is 0.671. The second kappa shape index (κ2) is 5.17. The van der Waals surface area contributed by atoms with Gasteiger partial charge in [0.25, 0.3) is 0 Å². The molecule has 21 heavy (non-hydrogen) atoms. The molecule has 1 heterocycles. The van der Waals surface area contributed by atoms with Crippen LogP contribution < -0.4 is 5.73 Å². The fourth-order valence-corrected chi connectivity index (χ4v) is 3.68. The number of imide groups is 1. The van der Waals surface area contributed by atoms with Crippen molar-refractivity contribution >= 4 is 17.5 Å². The minimum absolute atomic E-state index is 0.0243. The number of nitrogens with zero attached hydrogens (tertiary/aromatic N) is 1. The third-order valence-electron chi connectivity index (χ3n) is 5.12. The van der Waals surface area contributed by atoms with Gasteiger partial charge in [-0.2, -0.15) is 0 Å². The molecule has 1 aromatic carbocycles. The first-order chi connectivity index (χ1) is 10.0. The number of rotatable bonds is 2. The summed E-state index contributed by atoms with van der Waals surface area (Å²) in [5.74, 6) is 0.0118. The molecule has 1 spiro atoms. The molecule has 3 rings (SSSR count). The molecule has 1 aliphatic carbocycles. The number of carbonyl (C=O) groups is 2. The molecule has 2 fully saturated rings. The molecule has 112 valence electrons. The van der Waals surface area contributed by atoms with Crippen molar-refractivity contribution in [2.75, 3.05) is 5.73 Å². The van der Waals surface area contributed by atoms with Gasteiger partial charge in [-0.1, -0.05) is 31.4 Å². The van der Waals surface area contributed by atoms with Crippen LogP contribution in [0.25, 0.3) is 0 Å². The monoisotopic (exact) mass is 286 g/mol. The summed E-state index contributed by atoms with van der Waals surface area (Å²) < 4.78 is 0. The Balaban J connectivity index is 1.84. The first-order valence-electron chi connectivity index (χ1n) is 7.72. The summed E-state index contributed by atoms with van der Waals surface area (Å²) in [6, 6.07) is 5.66. The lowest BCUT2D eigenvalue weighted by Crippen LogP contribution is -2.36. The van der Waals surface area contributed by atoms with Crippen LogP contribution >= 0.6 is 0 Å². The lowest BCUT2D eigenvalue weighted by Gasteiger charge is -2.30. The van der Waals surface area contributed by atoms with Gasteiger partial charge in [-0.15, -0.1) is 0 Å². The van der Waals surface area contributed by atoms with Crippen LogP contribution in [0, 0.1) is 12.3 Å². The minimum Gasteiger partial charge on any atom is -0.399 e. The van der Waals surface area contributed by atoms with Gasteiger partial charge in [-0.25, -0.2) is 0 Å². The van der Waals surface area contributed by atoms with Gasteiger partial charge in [0.2, 0.25) is 11.8 Å². The fraction of sp³-hybridized carbons (Fsp3) is 0.529. The van der Waals surface area contributed by atoms with E-state index in [1.165, 1.54) is 11.3 Å². The van der Waals surface area contributed by atoms with Gasteiger partial charge in [-0.3, -0.25) is 14.5 Å². The van der Waals surface area contributed by atoms with E-state index in [9.17, 15) is 9.59 Å². The number of amides is 2. The average Bonchev–Trinajstić information content (AvgIpc) is 2.69. The molecule has 0 radical (unpaired) electrons. The maximum absolute atomic E-state index is 12.8. The predicted octanol–water partition coefficient (Wildman–Crippen LogP) is 2.79. The van der Waals surface area contributed by atoms with Crippen molar-refractivity contribution in [1.82, 2.24) is 4.90 Å². The van der Waals surface area contributed by atoms with E-state index in [-0.39, 0.29) is 11.8 Å². The highest BCUT2D eigenvalue weighted by molar-refractivity contribution is 6.05. The van der Waals surface area contributed by atoms with Crippen LogP contribution in [0.5, 0.6) is 0 Å². The minimum atomic E-state index is -0.399. The highest BCUT2D eigenvalue weighted by Gasteiger charge is 2.51. The number of carbonyl (C=O) groups excluding carboxylic acids is 2. The van der Waals surface area contributed by atoms with Crippen molar-refractivity contribution in [2.45, 2.75) is 52.0 Å². The zero-order valence-corrected chi connectivity index (χ0v) is 12.5. The smallest absolute Gasteiger partial charge is 0.236 e. The number of nitrogen functional groups attached to an aromatic ring is 1. The number of hydrogen-bond donors (Lipinski definition) is 1. The number of likely N-dealkylation sites (tertiary alicyclic amines) is 1. The summed E-state index contributed by atoms with van der Waals surface area (Å²) >= 11 is 0. The van der Waals surface area contributed by atoms with Crippen molar-refractivity contribution in [3.05, 3.63) is 29.3 Å². The van der Waals surface area contributed by atoms with Crippen LogP contribution in [0.3, 0.4) is 0 Å². The normalized spacial score (nSPS) is 21.3. The van der Waals surface area contributed by atoms with E-state index in [2.05, 4.69) is 0 Å². The topological polar surface area (TPSA) is 63.4 Å². The summed E-state index contributed by atoms with van der Waals surface area (Å²) in [6.07, 6.45) is 5.42. The molecule has 1 aliphatic heterocycles. The van der Waals surface area contributed by atoms with Crippen LogP contribution in [0.4, 0.5) is 5.69 Å². The van der Waals surface area contributed by atoms with Gasteiger partial charge in [0.1, 0.15) is 0 Å². The number of nitrogens with two attached hydrogens (primary N) is 1. The number of hydrogen-bond acceptors (Lipinski definition) is 3. The van der Waals surface area contributed by atoms with E-state index >= 15 is 0 Å². The predicted molar refractivity (Wildman–Crippen MR) is 81.3 cm³/mol. The zero-order chi connectivity index (χ0) is 15.0. The first-order valence-corrected chi connectivity index (χ1v) is 7.72. The highest BCUT2D eigenvalue weighted by atomic mass is 16.2. The van der Waals surface area contributed by atoms with E-state index in [0.29, 0.717) is 18.7 Å². The summed E-state index contributed by atoms with van der Waals surface area (Å²) in [5, 5.41) is 0. The molecule has 4 nitrogen and oxygen atoms in total. The van der Waals surface area contributed by atoms with Gasteiger partial charge in [-0.05, 0) is 37.0 Å². The van der Waals surface area contributed by atoms with Crippen molar-refractivity contribution in [1.29, 1.82) is 0 Å². The molecule has 0 unspecified atom stereocenters. The number of anilines is 1. The molecule has 2 N–H and O–H groups in total. The van der Waals surface area contributed by atoms with Crippen LogP contribution in [0.2, 0.25) is 0 Å². The van der Waals surface area contributed by atoms with Crippen molar-refractivity contribution < 1.29 is 9.59 Å². The van der Waals surface area contributed by atoms with Gasteiger partial charge < -0.3 is 5.73 Å². The molecule has 2 amide bonds. The van der Waals surface area contributed by atoms with Gasteiger partial charge in [0.15, 0.2) is 0 Å². The Kier molecular flexibility index (Phi) is 3.47. The molecular formula is C17H22N2O2. The summed E-state index contributed by atoms with van der Waals surface area (Å²) in [4.78, 5) is 26.6. The van der Waals surface area contributed by atoms with Crippen LogP contribution in [0.1, 0.15) is 49.7 Å². The van der Waals surface area contributed by atoms with Crippen LogP contribution in [-0.4, -0.2) is 16.7 Å². The van der Waals surface area contributed by atoms with Crippen molar-refractivity contribution in [3.63, 3.8) is 0 Å². The Bertz CT molecular complexity index is 588. The van der Waals surface area contributed by atoms with Crippen molar-refractivity contribution in [2.24, 2.45) is 5.41 Å². The Morgan fingerprint density at radius 2 is 1.90 bits per heavy atom. The fourth-order valence-electron chi connectivity index (χ4n) is 3.68. The SMILES string of the molecule is Cc1c(N)cccc1CN1C(=O)CC2(CCCCC2)C1=O. The van der Waals surface area contributed by atoms with E-state index in [4.69, 9.17) is 5.73 Å². The van der Waals surface area contributed by atoms with E-state index in [1.807, 2.05) is 25.1 Å². The standard InChI is InChI=1S/C17H22N2O2/c1-12-13(6-5-7-14(12)18)11-19-15(20)10-17(16(19)21)8-3-2-4-9-17/h5-7H,2-4,8-11,18H2,1H3. The summed E-state index contributed by atoms with van der Waals surface area (Å²) in [7, 11) is 0. The third-order valence-corrected chi connectivity index (χ3v) is 5.12. The highest BCUT2D eigenvalue weighted by Crippen LogP contribution is 2.45. The van der Waals surface area contributed by atoms with E-state index in [1.54, 1.807) is 0 Å². The van der Waals surface area contributed by atoms with Gasteiger partial charge in [0.05, 0.1) is 12.0 Å². The lowest BCUT2D eigenvalue weighted by atomic mass is 9.73. The Morgan fingerprint density at radius 3 is 2.62 bits per heavy atom. The molecule has 0 bridgehead atoms. The molecule has 1 saturated heterocycles. The second-order valence-corrected chi connectivity index (χ2v) is 6.43. The maximum atomic E-state index is 12.8. The summed E-state index contributed by atoms with van der Waals surface area (Å²) in [6.45, 7) is 2.29. The molecule has 2 aliphatic rings.